The molecule has 0 saturated heterocycles. The molecule has 106 valence electrons. The molecule has 0 fully saturated rings. The summed E-state index contributed by atoms with van der Waals surface area (Å²) in [5, 5.41) is 10.7. The Morgan fingerprint density at radius 2 is 2.15 bits per heavy atom. The molecule has 1 aromatic carbocycles. The lowest BCUT2D eigenvalue weighted by molar-refractivity contribution is -0.114. The molecular formula is C14H17ClN4O. The van der Waals surface area contributed by atoms with E-state index in [1.807, 2.05) is 38.1 Å². The summed E-state index contributed by atoms with van der Waals surface area (Å²) in [4.78, 5) is 11.9. The largest absolute Gasteiger partial charge is 0.376 e. The average molecular weight is 293 g/mol. The minimum absolute atomic E-state index is 0.132. The summed E-state index contributed by atoms with van der Waals surface area (Å²) in [6, 6.07) is 7.38. The van der Waals surface area contributed by atoms with Crippen molar-refractivity contribution in [3.05, 3.63) is 40.5 Å². The number of anilines is 2. The van der Waals surface area contributed by atoms with Crippen LogP contribution in [0.3, 0.4) is 0 Å². The molecule has 0 aliphatic carbocycles. The van der Waals surface area contributed by atoms with Crippen molar-refractivity contribution in [2.45, 2.75) is 13.8 Å². The maximum atomic E-state index is 11.9. The number of hydrogen-bond acceptors (Lipinski definition) is 3. The predicted octanol–water partition coefficient (Wildman–Crippen LogP) is 2.74. The molecule has 20 heavy (non-hydrogen) atoms. The maximum absolute atomic E-state index is 11.9. The fourth-order valence-corrected chi connectivity index (χ4v) is 2.06. The third-order valence-corrected chi connectivity index (χ3v) is 3.39. The lowest BCUT2D eigenvalue weighted by atomic mass is 10.2. The molecular weight excluding hydrogens is 276 g/mol. The van der Waals surface area contributed by atoms with Crippen LogP contribution in [0.4, 0.5) is 11.5 Å². The molecule has 2 rings (SSSR count). The number of halogens is 1. The topological polar surface area (TPSA) is 59.0 Å². The molecule has 1 aromatic heterocycles. The molecule has 0 saturated carbocycles. The van der Waals surface area contributed by atoms with Gasteiger partial charge in [0.15, 0.2) is 0 Å². The van der Waals surface area contributed by atoms with Crippen molar-refractivity contribution < 1.29 is 4.79 Å². The van der Waals surface area contributed by atoms with Gasteiger partial charge in [-0.05, 0) is 31.5 Å². The maximum Gasteiger partial charge on any atom is 0.244 e. The van der Waals surface area contributed by atoms with Crippen molar-refractivity contribution in [2.24, 2.45) is 7.05 Å². The van der Waals surface area contributed by atoms with E-state index in [2.05, 4.69) is 15.7 Å². The fraction of sp³-hybridized carbons (Fsp3) is 0.286. The smallest absolute Gasteiger partial charge is 0.244 e. The van der Waals surface area contributed by atoms with Crippen LogP contribution >= 0.6 is 11.6 Å². The first-order valence-corrected chi connectivity index (χ1v) is 6.64. The monoisotopic (exact) mass is 292 g/mol. The van der Waals surface area contributed by atoms with Gasteiger partial charge in [-0.3, -0.25) is 9.48 Å². The van der Waals surface area contributed by atoms with Gasteiger partial charge in [0.1, 0.15) is 5.82 Å². The molecule has 0 radical (unpaired) electrons. The van der Waals surface area contributed by atoms with Crippen LogP contribution in [0.2, 0.25) is 5.02 Å². The SMILES string of the molecule is Cc1cc(NC(=O)CNc2cccc(Cl)c2C)n(C)n1. The second-order valence-electron chi connectivity index (χ2n) is 4.61. The first-order chi connectivity index (χ1) is 9.47. The number of aryl methyl sites for hydroxylation is 2. The van der Waals surface area contributed by atoms with Crippen molar-refractivity contribution in [3.63, 3.8) is 0 Å². The highest BCUT2D eigenvalue weighted by Crippen LogP contribution is 2.22. The summed E-state index contributed by atoms with van der Waals surface area (Å²) in [6.07, 6.45) is 0. The number of aromatic nitrogens is 2. The van der Waals surface area contributed by atoms with Gasteiger partial charge in [0.25, 0.3) is 0 Å². The van der Waals surface area contributed by atoms with E-state index in [-0.39, 0.29) is 12.5 Å². The zero-order valence-electron chi connectivity index (χ0n) is 11.7. The number of rotatable bonds is 4. The molecule has 1 heterocycles. The van der Waals surface area contributed by atoms with E-state index in [9.17, 15) is 4.79 Å². The molecule has 2 N–H and O–H groups in total. The number of hydrogen-bond donors (Lipinski definition) is 2. The van der Waals surface area contributed by atoms with E-state index in [1.165, 1.54) is 0 Å². The van der Waals surface area contributed by atoms with Gasteiger partial charge in [-0.25, -0.2) is 0 Å². The Labute approximate surface area is 122 Å². The predicted molar refractivity (Wildman–Crippen MR) is 81.3 cm³/mol. The summed E-state index contributed by atoms with van der Waals surface area (Å²) < 4.78 is 1.64. The molecule has 6 heteroatoms. The lowest BCUT2D eigenvalue weighted by Gasteiger charge is -2.10. The van der Waals surface area contributed by atoms with Crippen LogP contribution in [0.1, 0.15) is 11.3 Å². The van der Waals surface area contributed by atoms with Gasteiger partial charge in [0.2, 0.25) is 5.91 Å². The van der Waals surface area contributed by atoms with Crippen molar-refractivity contribution in [1.29, 1.82) is 0 Å². The van der Waals surface area contributed by atoms with Gasteiger partial charge in [0.05, 0.1) is 12.2 Å². The van der Waals surface area contributed by atoms with Gasteiger partial charge in [-0.2, -0.15) is 5.10 Å². The Bertz CT molecular complexity index is 636. The van der Waals surface area contributed by atoms with Crippen molar-refractivity contribution in [3.8, 4) is 0 Å². The summed E-state index contributed by atoms with van der Waals surface area (Å²) >= 11 is 6.03. The third kappa shape index (κ3) is 3.30. The van der Waals surface area contributed by atoms with Crippen LogP contribution in [0.5, 0.6) is 0 Å². The zero-order chi connectivity index (χ0) is 14.7. The number of nitrogens with zero attached hydrogens (tertiary/aromatic N) is 2. The molecule has 0 atom stereocenters. The van der Waals surface area contributed by atoms with E-state index in [4.69, 9.17) is 11.6 Å². The van der Waals surface area contributed by atoms with Gasteiger partial charge in [0, 0.05) is 23.8 Å². The summed E-state index contributed by atoms with van der Waals surface area (Å²) in [7, 11) is 1.79. The summed E-state index contributed by atoms with van der Waals surface area (Å²) in [5.41, 5.74) is 2.65. The molecule has 0 spiro atoms. The minimum atomic E-state index is -0.132. The van der Waals surface area contributed by atoms with Crippen molar-refractivity contribution in [1.82, 2.24) is 9.78 Å². The van der Waals surface area contributed by atoms with Gasteiger partial charge < -0.3 is 10.6 Å². The molecule has 0 aliphatic heterocycles. The standard InChI is InChI=1S/C14H17ClN4O/c1-9-7-13(19(3)18-9)17-14(20)8-16-12-6-4-5-11(15)10(12)2/h4-7,16H,8H2,1-3H3,(H,17,20). The molecule has 0 bridgehead atoms. The van der Waals surface area contributed by atoms with E-state index >= 15 is 0 Å². The number of benzene rings is 1. The van der Waals surface area contributed by atoms with Crippen molar-refractivity contribution >= 4 is 29.0 Å². The number of carbonyl (C=O) groups is 1. The van der Waals surface area contributed by atoms with Crippen LogP contribution in [-0.2, 0) is 11.8 Å². The average Bonchev–Trinajstić information content (AvgIpc) is 2.69. The van der Waals surface area contributed by atoms with Crippen LogP contribution in [0.25, 0.3) is 0 Å². The normalized spacial score (nSPS) is 10.4. The van der Waals surface area contributed by atoms with E-state index in [1.54, 1.807) is 11.7 Å². The Hall–Kier alpha value is -2.01. The Balaban J connectivity index is 1.96. The fourth-order valence-electron chi connectivity index (χ4n) is 1.89. The Morgan fingerprint density at radius 3 is 2.80 bits per heavy atom. The first kappa shape index (κ1) is 14.4. The quantitative estimate of drug-likeness (QED) is 0.911. The van der Waals surface area contributed by atoms with Crippen LogP contribution < -0.4 is 10.6 Å². The number of carbonyl (C=O) groups excluding carboxylic acids is 1. The number of nitrogens with one attached hydrogen (secondary N) is 2. The molecule has 5 nitrogen and oxygen atoms in total. The van der Waals surface area contributed by atoms with E-state index < -0.39 is 0 Å². The highest BCUT2D eigenvalue weighted by molar-refractivity contribution is 6.31. The van der Waals surface area contributed by atoms with Gasteiger partial charge >= 0.3 is 0 Å². The zero-order valence-corrected chi connectivity index (χ0v) is 12.5. The van der Waals surface area contributed by atoms with Gasteiger partial charge in [-0.15, -0.1) is 0 Å². The van der Waals surface area contributed by atoms with E-state index in [0.717, 1.165) is 16.9 Å². The number of amides is 1. The van der Waals surface area contributed by atoms with Crippen LogP contribution in [0.15, 0.2) is 24.3 Å². The second-order valence-corrected chi connectivity index (χ2v) is 5.02. The lowest BCUT2D eigenvalue weighted by Crippen LogP contribution is -2.23. The highest BCUT2D eigenvalue weighted by Gasteiger charge is 2.08. The minimum Gasteiger partial charge on any atom is -0.376 e. The second kappa shape index (κ2) is 5.96. The van der Waals surface area contributed by atoms with E-state index in [0.29, 0.717) is 10.8 Å². The molecule has 0 aliphatic rings. The Kier molecular flexibility index (Phi) is 4.29. The van der Waals surface area contributed by atoms with Crippen LogP contribution in [-0.4, -0.2) is 22.2 Å². The highest BCUT2D eigenvalue weighted by atomic mass is 35.5. The molecule has 1 amide bonds. The third-order valence-electron chi connectivity index (χ3n) is 2.98. The summed E-state index contributed by atoms with van der Waals surface area (Å²) in [5.74, 6) is 0.546. The summed E-state index contributed by atoms with van der Waals surface area (Å²) in [6.45, 7) is 3.96. The molecule has 2 aromatic rings. The van der Waals surface area contributed by atoms with Crippen LogP contribution in [0, 0.1) is 13.8 Å². The molecule has 0 unspecified atom stereocenters. The first-order valence-electron chi connectivity index (χ1n) is 6.27. The Morgan fingerprint density at radius 1 is 1.40 bits per heavy atom. The van der Waals surface area contributed by atoms with Crippen molar-refractivity contribution in [2.75, 3.05) is 17.2 Å². The van der Waals surface area contributed by atoms with Gasteiger partial charge in [-0.1, -0.05) is 17.7 Å².